The largest absolute Gasteiger partial charge is 0.398 e. The monoisotopic (exact) mass is 236 g/mol. The van der Waals surface area contributed by atoms with Gasteiger partial charge in [-0.05, 0) is 32.0 Å². The number of hydrogen-bond donors (Lipinski definition) is 1. The fourth-order valence-corrected chi connectivity index (χ4v) is 1.69. The lowest BCUT2D eigenvalue weighted by atomic mass is 10.1. The van der Waals surface area contributed by atoms with Crippen LogP contribution in [-0.2, 0) is 11.3 Å². The standard InChI is InChI=1S/C14H24N2O/c1-4-16(9-10-17-12(2)3)11-13-7-5-6-8-14(13)15/h5-8,12H,4,9-11,15H2,1-3H3. The second kappa shape index (κ2) is 7.30. The Morgan fingerprint density at radius 1 is 1.29 bits per heavy atom. The van der Waals surface area contributed by atoms with Gasteiger partial charge in [0.1, 0.15) is 0 Å². The number of anilines is 1. The van der Waals surface area contributed by atoms with Gasteiger partial charge in [-0.3, -0.25) is 4.90 Å². The second-order valence-electron chi connectivity index (χ2n) is 4.49. The average Bonchev–Trinajstić information content (AvgIpc) is 2.30. The highest BCUT2D eigenvalue weighted by Crippen LogP contribution is 2.13. The fourth-order valence-electron chi connectivity index (χ4n) is 1.69. The summed E-state index contributed by atoms with van der Waals surface area (Å²) in [5.74, 6) is 0. The maximum atomic E-state index is 5.94. The van der Waals surface area contributed by atoms with E-state index >= 15 is 0 Å². The maximum absolute atomic E-state index is 5.94. The molecule has 0 fully saturated rings. The summed E-state index contributed by atoms with van der Waals surface area (Å²) in [6.45, 7) is 9.91. The Balaban J connectivity index is 2.44. The zero-order valence-corrected chi connectivity index (χ0v) is 11.1. The molecular formula is C14H24N2O. The van der Waals surface area contributed by atoms with E-state index in [1.807, 2.05) is 18.2 Å². The number of benzene rings is 1. The van der Waals surface area contributed by atoms with Crippen molar-refractivity contribution in [2.24, 2.45) is 0 Å². The van der Waals surface area contributed by atoms with E-state index < -0.39 is 0 Å². The number of nitrogens with zero attached hydrogens (tertiary/aromatic N) is 1. The van der Waals surface area contributed by atoms with E-state index in [4.69, 9.17) is 10.5 Å². The Morgan fingerprint density at radius 3 is 2.59 bits per heavy atom. The van der Waals surface area contributed by atoms with Crippen LogP contribution < -0.4 is 5.73 Å². The van der Waals surface area contributed by atoms with Crippen LogP contribution in [-0.4, -0.2) is 30.7 Å². The van der Waals surface area contributed by atoms with Crippen LogP contribution in [0.25, 0.3) is 0 Å². The van der Waals surface area contributed by atoms with E-state index in [0.29, 0.717) is 6.10 Å². The summed E-state index contributed by atoms with van der Waals surface area (Å²) in [6.07, 6.45) is 0.301. The van der Waals surface area contributed by atoms with Crippen LogP contribution in [0.5, 0.6) is 0 Å². The minimum absolute atomic E-state index is 0.301. The molecule has 1 aromatic rings. The molecule has 0 aliphatic rings. The number of likely N-dealkylation sites (N-methyl/N-ethyl adjacent to an activating group) is 1. The normalized spacial score (nSPS) is 11.4. The van der Waals surface area contributed by atoms with Gasteiger partial charge in [-0.1, -0.05) is 25.1 Å². The highest BCUT2D eigenvalue weighted by Gasteiger charge is 2.06. The molecule has 3 heteroatoms. The van der Waals surface area contributed by atoms with E-state index in [-0.39, 0.29) is 0 Å². The summed E-state index contributed by atoms with van der Waals surface area (Å²) in [5.41, 5.74) is 8.01. The molecule has 0 saturated heterocycles. The number of ether oxygens (including phenoxy) is 1. The minimum Gasteiger partial charge on any atom is -0.398 e. The lowest BCUT2D eigenvalue weighted by Crippen LogP contribution is -2.28. The molecular weight excluding hydrogens is 212 g/mol. The van der Waals surface area contributed by atoms with Gasteiger partial charge < -0.3 is 10.5 Å². The average molecular weight is 236 g/mol. The SMILES string of the molecule is CCN(CCOC(C)C)Cc1ccccc1N. The maximum Gasteiger partial charge on any atom is 0.0597 e. The van der Waals surface area contributed by atoms with Gasteiger partial charge in [0.15, 0.2) is 0 Å². The molecule has 0 aliphatic heterocycles. The molecule has 3 nitrogen and oxygen atoms in total. The van der Waals surface area contributed by atoms with Crippen molar-refractivity contribution < 1.29 is 4.74 Å². The van der Waals surface area contributed by atoms with Gasteiger partial charge in [0.2, 0.25) is 0 Å². The Hall–Kier alpha value is -1.06. The van der Waals surface area contributed by atoms with Crippen molar-refractivity contribution in [1.29, 1.82) is 0 Å². The predicted molar refractivity (Wildman–Crippen MR) is 72.9 cm³/mol. The topological polar surface area (TPSA) is 38.5 Å². The first-order chi connectivity index (χ1) is 8.13. The van der Waals surface area contributed by atoms with E-state index in [0.717, 1.165) is 31.9 Å². The number of nitrogen functional groups attached to an aromatic ring is 1. The summed E-state index contributed by atoms with van der Waals surface area (Å²) in [4.78, 5) is 2.34. The van der Waals surface area contributed by atoms with Gasteiger partial charge in [-0.15, -0.1) is 0 Å². The minimum atomic E-state index is 0.301. The first-order valence-electron chi connectivity index (χ1n) is 6.30. The molecule has 1 rings (SSSR count). The summed E-state index contributed by atoms with van der Waals surface area (Å²) in [6, 6.07) is 8.04. The van der Waals surface area contributed by atoms with Gasteiger partial charge in [-0.25, -0.2) is 0 Å². The van der Waals surface area contributed by atoms with Crippen molar-refractivity contribution in [2.45, 2.75) is 33.4 Å². The van der Waals surface area contributed by atoms with Gasteiger partial charge in [-0.2, -0.15) is 0 Å². The van der Waals surface area contributed by atoms with Gasteiger partial charge in [0.25, 0.3) is 0 Å². The van der Waals surface area contributed by atoms with Crippen LogP contribution in [0.2, 0.25) is 0 Å². The smallest absolute Gasteiger partial charge is 0.0597 e. The first kappa shape index (κ1) is 14.0. The predicted octanol–water partition coefficient (Wildman–Crippen LogP) is 2.52. The summed E-state index contributed by atoms with van der Waals surface area (Å²) < 4.78 is 5.57. The van der Waals surface area contributed by atoms with Crippen molar-refractivity contribution in [3.63, 3.8) is 0 Å². The molecule has 0 aliphatic carbocycles. The van der Waals surface area contributed by atoms with Gasteiger partial charge in [0.05, 0.1) is 12.7 Å². The molecule has 0 heterocycles. The summed E-state index contributed by atoms with van der Waals surface area (Å²) >= 11 is 0. The molecule has 0 radical (unpaired) electrons. The van der Waals surface area contributed by atoms with Crippen LogP contribution in [0.15, 0.2) is 24.3 Å². The van der Waals surface area contributed by atoms with E-state index in [1.165, 1.54) is 5.56 Å². The molecule has 96 valence electrons. The Morgan fingerprint density at radius 2 is 2.00 bits per heavy atom. The zero-order valence-electron chi connectivity index (χ0n) is 11.1. The Bertz CT molecular complexity index is 326. The zero-order chi connectivity index (χ0) is 12.7. The summed E-state index contributed by atoms with van der Waals surface area (Å²) in [7, 11) is 0. The number of hydrogen-bond acceptors (Lipinski definition) is 3. The molecule has 1 aromatic carbocycles. The Labute approximate surface area is 105 Å². The van der Waals surface area contributed by atoms with E-state index in [9.17, 15) is 0 Å². The summed E-state index contributed by atoms with van der Waals surface area (Å²) in [5, 5.41) is 0. The van der Waals surface area contributed by atoms with Crippen LogP contribution in [0.3, 0.4) is 0 Å². The number of para-hydroxylation sites is 1. The van der Waals surface area contributed by atoms with Crippen LogP contribution >= 0.6 is 0 Å². The fraction of sp³-hybridized carbons (Fsp3) is 0.571. The van der Waals surface area contributed by atoms with Crippen molar-refractivity contribution >= 4 is 5.69 Å². The van der Waals surface area contributed by atoms with Crippen LogP contribution in [0.1, 0.15) is 26.3 Å². The third-order valence-corrected chi connectivity index (χ3v) is 2.75. The van der Waals surface area contributed by atoms with Gasteiger partial charge >= 0.3 is 0 Å². The lowest BCUT2D eigenvalue weighted by Gasteiger charge is -2.21. The van der Waals surface area contributed by atoms with Gasteiger partial charge in [0, 0.05) is 18.8 Å². The molecule has 0 aromatic heterocycles. The third-order valence-electron chi connectivity index (χ3n) is 2.75. The molecule has 0 bridgehead atoms. The molecule has 0 atom stereocenters. The van der Waals surface area contributed by atoms with Crippen molar-refractivity contribution in [3.8, 4) is 0 Å². The van der Waals surface area contributed by atoms with E-state index in [1.54, 1.807) is 0 Å². The highest BCUT2D eigenvalue weighted by atomic mass is 16.5. The third kappa shape index (κ3) is 5.20. The Kier molecular flexibility index (Phi) is 6.01. The van der Waals surface area contributed by atoms with Crippen molar-refractivity contribution in [2.75, 3.05) is 25.4 Å². The van der Waals surface area contributed by atoms with Crippen molar-refractivity contribution in [1.82, 2.24) is 4.90 Å². The first-order valence-corrected chi connectivity index (χ1v) is 6.30. The van der Waals surface area contributed by atoms with E-state index in [2.05, 4.69) is 31.7 Å². The van der Waals surface area contributed by atoms with Crippen LogP contribution in [0.4, 0.5) is 5.69 Å². The quantitative estimate of drug-likeness (QED) is 0.739. The molecule has 17 heavy (non-hydrogen) atoms. The highest BCUT2D eigenvalue weighted by molar-refractivity contribution is 5.46. The number of nitrogens with two attached hydrogens (primary N) is 1. The molecule has 2 N–H and O–H groups in total. The molecule has 0 saturated carbocycles. The second-order valence-corrected chi connectivity index (χ2v) is 4.49. The molecule has 0 unspecified atom stereocenters. The van der Waals surface area contributed by atoms with Crippen LogP contribution in [0, 0.1) is 0 Å². The molecule has 0 spiro atoms. The lowest BCUT2D eigenvalue weighted by molar-refractivity contribution is 0.0586. The number of rotatable bonds is 7. The molecule has 0 amide bonds. The van der Waals surface area contributed by atoms with Crippen molar-refractivity contribution in [3.05, 3.63) is 29.8 Å².